The molecule has 0 aliphatic carbocycles. The first-order valence-corrected chi connectivity index (χ1v) is 5.13. The summed E-state index contributed by atoms with van der Waals surface area (Å²) in [5.41, 5.74) is 1.43. The highest BCUT2D eigenvalue weighted by Crippen LogP contribution is 2.27. The second-order valence-corrected chi connectivity index (χ2v) is 4.00. The van der Waals surface area contributed by atoms with E-state index in [9.17, 15) is 4.79 Å². The smallest absolute Gasteiger partial charge is 0.407 e. The maximum absolute atomic E-state index is 10.9. The highest BCUT2D eigenvalue weighted by molar-refractivity contribution is 9.10. The molecule has 5 heteroatoms. The molecule has 1 N–H and O–H groups in total. The minimum atomic E-state index is -0.422. The summed E-state index contributed by atoms with van der Waals surface area (Å²) in [5.74, 6) is 0. The largest absolute Gasteiger partial charge is 0.447 e. The highest BCUT2D eigenvalue weighted by Gasteiger charge is 2.25. The van der Waals surface area contributed by atoms with Gasteiger partial charge in [0.2, 0.25) is 0 Å². The topological polar surface area (TPSA) is 62.1 Å². The lowest BCUT2D eigenvalue weighted by atomic mass is 10.1. The molecular weight excluding hydrogens is 260 g/mol. The molecule has 76 valence electrons. The van der Waals surface area contributed by atoms with Crippen LogP contribution in [0.3, 0.4) is 0 Å². The molecule has 1 aromatic rings. The van der Waals surface area contributed by atoms with Gasteiger partial charge in [-0.15, -0.1) is 0 Å². The number of nitrogens with one attached hydrogen (secondary N) is 1. The standard InChI is InChI=1S/C10H7BrN2O2/c11-8-2-1-6(4-12)3-7(8)9-5-15-10(14)13-9/h1-3,9H,5H2,(H,13,14). The lowest BCUT2D eigenvalue weighted by Gasteiger charge is -2.09. The predicted octanol–water partition coefficient (Wildman–Crippen LogP) is 2.10. The Hall–Kier alpha value is -1.54. The molecule has 0 aromatic heterocycles. The molecule has 4 nitrogen and oxygen atoms in total. The van der Waals surface area contributed by atoms with Gasteiger partial charge >= 0.3 is 6.09 Å². The molecule has 1 amide bonds. The number of amides is 1. The summed E-state index contributed by atoms with van der Waals surface area (Å²) < 4.78 is 5.65. The summed E-state index contributed by atoms with van der Waals surface area (Å²) >= 11 is 3.37. The van der Waals surface area contributed by atoms with Gasteiger partial charge in [-0.25, -0.2) is 4.79 Å². The first-order chi connectivity index (χ1) is 7.20. The van der Waals surface area contributed by atoms with Gasteiger partial charge in [-0.2, -0.15) is 5.26 Å². The van der Waals surface area contributed by atoms with Crippen molar-refractivity contribution in [2.75, 3.05) is 6.61 Å². The summed E-state index contributed by atoms with van der Waals surface area (Å²) in [6, 6.07) is 7.12. The van der Waals surface area contributed by atoms with Crippen LogP contribution in [0.25, 0.3) is 0 Å². The molecule has 2 rings (SSSR count). The minimum Gasteiger partial charge on any atom is -0.447 e. The summed E-state index contributed by atoms with van der Waals surface area (Å²) in [6.45, 7) is 0.298. The van der Waals surface area contributed by atoms with Gasteiger partial charge in [-0.1, -0.05) is 15.9 Å². The van der Waals surface area contributed by atoms with E-state index in [1.54, 1.807) is 18.2 Å². The van der Waals surface area contributed by atoms with Crippen molar-refractivity contribution >= 4 is 22.0 Å². The van der Waals surface area contributed by atoms with Crippen LogP contribution in [0.5, 0.6) is 0 Å². The van der Waals surface area contributed by atoms with E-state index in [0.717, 1.165) is 10.0 Å². The van der Waals surface area contributed by atoms with Crippen LogP contribution in [0, 0.1) is 11.3 Å². The molecule has 15 heavy (non-hydrogen) atoms. The molecular formula is C10H7BrN2O2. The van der Waals surface area contributed by atoms with Crippen LogP contribution in [-0.4, -0.2) is 12.7 Å². The van der Waals surface area contributed by atoms with Gasteiger partial charge in [0.1, 0.15) is 6.61 Å². The number of nitriles is 1. The second-order valence-electron chi connectivity index (χ2n) is 3.14. The van der Waals surface area contributed by atoms with E-state index in [1.807, 2.05) is 0 Å². The maximum atomic E-state index is 10.9. The van der Waals surface area contributed by atoms with Crippen molar-refractivity contribution in [3.63, 3.8) is 0 Å². The molecule has 1 atom stereocenters. The van der Waals surface area contributed by atoms with Crippen LogP contribution < -0.4 is 5.32 Å². The Morgan fingerprint density at radius 1 is 1.60 bits per heavy atom. The first kappa shape index (κ1) is 9.99. The molecule has 1 aliphatic heterocycles. The molecule has 0 bridgehead atoms. The van der Waals surface area contributed by atoms with Crippen molar-refractivity contribution in [2.45, 2.75) is 6.04 Å². The third-order valence-corrected chi connectivity index (χ3v) is 2.90. The van der Waals surface area contributed by atoms with Gasteiger partial charge in [0, 0.05) is 4.47 Å². The average molecular weight is 267 g/mol. The van der Waals surface area contributed by atoms with Crippen molar-refractivity contribution in [3.8, 4) is 6.07 Å². The lowest BCUT2D eigenvalue weighted by molar-refractivity contribution is 0.177. The fourth-order valence-corrected chi connectivity index (χ4v) is 1.96. The molecule has 0 spiro atoms. The monoisotopic (exact) mass is 266 g/mol. The van der Waals surface area contributed by atoms with E-state index >= 15 is 0 Å². The molecule has 1 heterocycles. The van der Waals surface area contributed by atoms with Crippen molar-refractivity contribution in [1.29, 1.82) is 5.26 Å². The van der Waals surface area contributed by atoms with Gasteiger partial charge in [-0.05, 0) is 23.8 Å². The Balaban J connectivity index is 2.35. The van der Waals surface area contributed by atoms with Crippen LogP contribution >= 0.6 is 15.9 Å². The quantitative estimate of drug-likeness (QED) is 0.847. The summed E-state index contributed by atoms with van der Waals surface area (Å²) in [5, 5.41) is 11.4. The minimum absolute atomic E-state index is 0.180. The molecule has 0 radical (unpaired) electrons. The number of nitrogens with zero attached hydrogens (tertiary/aromatic N) is 1. The van der Waals surface area contributed by atoms with Crippen LogP contribution in [-0.2, 0) is 4.74 Å². The Bertz CT molecular complexity index is 453. The van der Waals surface area contributed by atoms with E-state index in [-0.39, 0.29) is 6.04 Å². The van der Waals surface area contributed by atoms with Crippen molar-refractivity contribution < 1.29 is 9.53 Å². The predicted molar refractivity (Wildman–Crippen MR) is 56.1 cm³/mol. The number of benzene rings is 1. The van der Waals surface area contributed by atoms with Crippen molar-refractivity contribution in [1.82, 2.24) is 5.32 Å². The van der Waals surface area contributed by atoms with Gasteiger partial charge in [0.05, 0.1) is 17.7 Å². The zero-order valence-corrected chi connectivity index (χ0v) is 9.24. The SMILES string of the molecule is N#Cc1ccc(Br)c(C2COC(=O)N2)c1. The number of cyclic esters (lactones) is 1. The number of ether oxygens (including phenoxy) is 1. The zero-order chi connectivity index (χ0) is 10.8. The van der Waals surface area contributed by atoms with E-state index in [4.69, 9.17) is 10.00 Å². The Labute approximate surface area is 95.0 Å². The number of hydrogen-bond donors (Lipinski definition) is 1. The van der Waals surface area contributed by atoms with Crippen LogP contribution in [0.2, 0.25) is 0 Å². The van der Waals surface area contributed by atoms with Gasteiger partial charge in [0.15, 0.2) is 0 Å². The molecule has 0 saturated carbocycles. The Morgan fingerprint density at radius 2 is 2.40 bits per heavy atom. The zero-order valence-electron chi connectivity index (χ0n) is 7.66. The van der Waals surface area contributed by atoms with Gasteiger partial charge < -0.3 is 10.1 Å². The molecule has 1 aliphatic rings. The fraction of sp³-hybridized carbons (Fsp3) is 0.200. The fourth-order valence-electron chi connectivity index (χ4n) is 1.43. The summed E-state index contributed by atoms with van der Waals surface area (Å²) in [7, 11) is 0. The maximum Gasteiger partial charge on any atom is 0.407 e. The first-order valence-electron chi connectivity index (χ1n) is 4.33. The van der Waals surface area contributed by atoms with E-state index in [0.29, 0.717) is 12.2 Å². The normalized spacial score (nSPS) is 19.2. The van der Waals surface area contributed by atoms with Crippen molar-refractivity contribution in [2.24, 2.45) is 0 Å². The van der Waals surface area contributed by atoms with Gasteiger partial charge in [-0.3, -0.25) is 0 Å². The number of carbonyl (C=O) groups excluding carboxylic acids is 1. The number of carbonyl (C=O) groups is 1. The average Bonchev–Trinajstić information content (AvgIpc) is 2.65. The third kappa shape index (κ3) is 1.95. The molecule has 1 aromatic carbocycles. The Kier molecular flexibility index (Phi) is 2.60. The number of alkyl carbamates (subject to hydrolysis) is 1. The number of halogens is 1. The highest BCUT2D eigenvalue weighted by atomic mass is 79.9. The molecule has 1 unspecified atom stereocenters. The van der Waals surface area contributed by atoms with E-state index in [1.165, 1.54) is 0 Å². The third-order valence-electron chi connectivity index (χ3n) is 2.17. The summed E-state index contributed by atoms with van der Waals surface area (Å²) in [6.07, 6.45) is -0.422. The van der Waals surface area contributed by atoms with Crippen LogP contribution in [0.15, 0.2) is 22.7 Å². The van der Waals surface area contributed by atoms with Gasteiger partial charge in [0.25, 0.3) is 0 Å². The van der Waals surface area contributed by atoms with Crippen molar-refractivity contribution in [3.05, 3.63) is 33.8 Å². The number of hydrogen-bond acceptors (Lipinski definition) is 3. The summed E-state index contributed by atoms with van der Waals surface area (Å²) in [4.78, 5) is 10.9. The Morgan fingerprint density at radius 3 is 3.00 bits per heavy atom. The van der Waals surface area contributed by atoms with E-state index < -0.39 is 6.09 Å². The molecule has 1 saturated heterocycles. The lowest BCUT2D eigenvalue weighted by Crippen LogP contribution is -2.18. The second kappa shape index (κ2) is 3.91. The molecule has 1 fully saturated rings. The van der Waals surface area contributed by atoms with Crippen LogP contribution in [0.4, 0.5) is 4.79 Å². The number of rotatable bonds is 1. The van der Waals surface area contributed by atoms with Crippen LogP contribution in [0.1, 0.15) is 17.2 Å². The van der Waals surface area contributed by atoms with E-state index in [2.05, 4.69) is 27.3 Å².